The fourth-order valence-electron chi connectivity index (χ4n) is 3.64. The van der Waals surface area contributed by atoms with Gasteiger partial charge in [-0.1, -0.05) is 29.3 Å². The molecule has 2 aromatic heterocycles. The van der Waals surface area contributed by atoms with Crippen LogP contribution < -0.4 is 10.9 Å². The maximum absolute atomic E-state index is 12.5. The molecule has 28 heavy (non-hydrogen) atoms. The van der Waals surface area contributed by atoms with Crippen molar-refractivity contribution in [2.24, 2.45) is 0 Å². The van der Waals surface area contributed by atoms with Gasteiger partial charge in [-0.25, -0.2) is 4.98 Å². The Morgan fingerprint density at radius 3 is 2.96 bits per heavy atom. The first-order valence-corrected chi connectivity index (χ1v) is 10.8. The molecule has 1 amide bonds. The third-order valence-electron chi connectivity index (χ3n) is 5.02. The number of fused-ring (bicyclic) bond motifs is 3. The number of rotatable bonds is 5. The molecule has 0 bridgehead atoms. The second kappa shape index (κ2) is 7.85. The molecule has 1 atom stereocenters. The highest BCUT2D eigenvalue weighted by Gasteiger charge is 2.21. The number of hydrogen-bond acceptors (Lipinski definition) is 4. The molecule has 0 spiro atoms. The zero-order chi connectivity index (χ0) is 19.8. The van der Waals surface area contributed by atoms with Crippen molar-refractivity contribution in [2.45, 2.75) is 45.1 Å². The number of aromatic amines is 1. The maximum Gasteiger partial charge on any atom is 0.259 e. The van der Waals surface area contributed by atoms with Gasteiger partial charge in [0.1, 0.15) is 10.7 Å². The average molecular weight is 436 g/mol. The molecular formula is C20H19Cl2N3O2S. The second-order valence-corrected chi connectivity index (χ2v) is 8.93. The predicted molar refractivity (Wildman–Crippen MR) is 114 cm³/mol. The lowest BCUT2D eigenvalue weighted by molar-refractivity contribution is -0.121. The van der Waals surface area contributed by atoms with Crippen LogP contribution in [0.1, 0.15) is 47.6 Å². The number of hydrogen-bond donors (Lipinski definition) is 2. The molecule has 1 aliphatic rings. The number of nitrogens with zero attached hydrogens (tertiary/aromatic N) is 1. The van der Waals surface area contributed by atoms with Gasteiger partial charge in [0.15, 0.2) is 0 Å². The van der Waals surface area contributed by atoms with Crippen LogP contribution in [0.4, 0.5) is 0 Å². The highest BCUT2D eigenvalue weighted by molar-refractivity contribution is 7.18. The number of amides is 1. The van der Waals surface area contributed by atoms with Crippen LogP contribution in [0.5, 0.6) is 0 Å². The normalized spacial score (nSPS) is 14.2. The van der Waals surface area contributed by atoms with E-state index in [9.17, 15) is 9.59 Å². The summed E-state index contributed by atoms with van der Waals surface area (Å²) in [6.07, 6.45) is 3.69. The van der Waals surface area contributed by atoms with E-state index in [4.69, 9.17) is 23.2 Å². The topological polar surface area (TPSA) is 74.8 Å². The summed E-state index contributed by atoms with van der Waals surface area (Å²) in [6.45, 7) is 1.87. The van der Waals surface area contributed by atoms with Gasteiger partial charge < -0.3 is 10.3 Å². The van der Waals surface area contributed by atoms with Crippen molar-refractivity contribution >= 4 is 50.7 Å². The number of aryl methyl sites for hydroxylation is 3. The molecule has 1 aromatic carbocycles. The summed E-state index contributed by atoms with van der Waals surface area (Å²) in [7, 11) is 0. The van der Waals surface area contributed by atoms with Gasteiger partial charge >= 0.3 is 0 Å². The summed E-state index contributed by atoms with van der Waals surface area (Å²) in [5.41, 5.74) is 1.87. The lowest BCUT2D eigenvalue weighted by Crippen LogP contribution is -2.27. The van der Waals surface area contributed by atoms with Crippen molar-refractivity contribution in [1.29, 1.82) is 0 Å². The molecule has 8 heteroatoms. The minimum Gasteiger partial charge on any atom is -0.350 e. The Balaban J connectivity index is 1.43. The number of thiophene rings is 1. The van der Waals surface area contributed by atoms with Crippen LogP contribution in [0.2, 0.25) is 10.0 Å². The van der Waals surface area contributed by atoms with Gasteiger partial charge in [-0.3, -0.25) is 9.59 Å². The van der Waals surface area contributed by atoms with Crippen molar-refractivity contribution in [1.82, 2.24) is 15.3 Å². The van der Waals surface area contributed by atoms with Crippen molar-refractivity contribution in [2.75, 3.05) is 0 Å². The van der Waals surface area contributed by atoms with Gasteiger partial charge in [0.2, 0.25) is 5.91 Å². The van der Waals surface area contributed by atoms with E-state index in [-0.39, 0.29) is 23.9 Å². The molecule has 0 saturated heterocycles. The number of carbonyl (C=O) groups excluding carboxylic acids is 1. The van der Waals surface area contributed by atoms with Gasteiger partial charge in [0.25, 0.3) is 5.56 Å². The van der Waals surface area contributed by atoms with Crippen LogP contribution in [0.3, 0.4) is 0 Å². The number of nitrogens with one attached hydrogen (secondary N) is 2. The minimum atomic E-state index is -0.243. The summed E-state index contributed by atoms with van der Waals surface area (Å²) in [6, 6.07) is 4.96. The minimum absolute atomic E-state index is 0.0962. The first-order valence-electron chi connectivity index (χ1n) is 9.20. The van der Waals surface area contributed by atoms with Crippen LogP contribution in [0, 0.1) is 0 Å². The smallest absolute Gasteiger partial charge is 0.259 e. The van der Waals surface area contributed by atoms with Gasteiger partial charge in [-0.05, 0) is 49.4 Å². The second-order valence-electron chi connectivity index (χ2n) is 7.01. The van der Waals surface area contributed by atoms with E-state index in [1.165, 1.54) is 4.88 Å². The number of carbonyl (C=O) groups is 1. The number of aromatic nitrogens is 2. The Bertz CT molecular complexity index is 1120. The molecule has 2 heterocycles. The van der Waals surface area contributed by atoms with Gasteiger partial charge in [0.05, 0.1) is 11.4 Å². The van der Waals surface area contributed by atoms with E-state index >= 15 is 0 Å². The van der Waals surface area contributed by atoms with E-state index in [1.54, 1.807) is 29.5 Å². The quantitative estimate of drug-likeness (QED) is 0.615. The monoisotopic (exact) mass is 435 g/mol. The molecule has 5 nitrogen and oxygen atoms in total. The fraction of sp³-hybridized carbons (Fsp3) is 0.350. The maximum atomic E-state index is 12.5. The van der Waals surface area contributed by atoms with Crippen LogP contribution in [-0.2, 0) is 24.1 Å². The van der Waals surface area contributed by atoms with Crippen LogP contribution in [0.25, 0.3) is 10.2 Å². The molecule has 146 valence electrons. The van der Waals surface area contributed by atoms with E-state index in [1.807, 2.05) is 6.92 Å². The fourth-order valence-corrected chi connectivity index (χ4v) is 5.49. The SMILES string of the molecule is C[C@H](NC(=O)CCc1nc2sc3c(c2c(=O)[nH]1)CCC3)c1ccc(Cl)cc1Cl. The first kappa shape index (κ1) is 19.4. The summed E-state index contributed by atoms with van der Waals surface area (Å²) < 4.78 is 0. The molecule has 2 N–H and O–H groups in total. The highest BCUT2D eigenvalue weighted by atomic mass is 35.5. The molecule has 0 aliphatic heterocycles. The molecule has 0 unspecified atom stereocenters. The Labute approximate surface area is 176 Å². The van der Waals surface area contributed by atoms with Crippen molar-refractivity contribution in [3.8, 4) is 0 Å². The number of H-pyrrole nitrogens is 1. The molecular weight excluding hydrogens is 417 g/mol. The summed E-state index contributed by atoms with van der Waals surface area (Å²) >= 11 is 13.7. The predicted octanol–water partition coefficient (Wildman–Crippen LogP) is 4.59. The summed E-state index contributed by atoms with van der Waals surface area (Å²) in [5.74, 6) is 0.416. The third kappa shape index (κ3) is 3.81. The molecule has 0 fully saturated rings. The Hall–Kier alpha value is -1.89. The number of halogens is 2. The van der Waals surface area contributed by atoms with E-state index in [0.717, 1.165) is 40.6 Å². The Morgan fingerprint density at radius 2 is 2.18 bits per heavy atom. The standard InChI is InChI=1S/C20H19Cl2N3O2S/c1-10(12-6-5-11(21)9-14(12)22)23-17(26)8-7-16-24-19(27)18-13-3-2-4-15(13)28-20(18)25-16/h5-6,9-10H,2-4,7-8H2,1H3,(H,23,26)(H,24,25,27)/t10-/m0/s1. The largest absolute Gasteiger partial charge is 0.350 e. The third-order valence-corrected chi connectivity index (χ3v) is 6.77. The molecule has 0 saturated carbocycles. The van der Waals surface area contributed by atoms with Crippen molar-refractivity contribution in [3.05, 3.63) is 60.4 Å². The van der Waals surface area contributed by atoms with E-state index in [0.29, 0.717) is 22.3 Å². The zero-order valence-electron chi connectivity index (χ0n) is 15.3. The van der Waals surface area contributed by atoms with Gasteiger partial charge in [-0.15, -0.1) is 11.3 Å². The van der Waals surface area contributed by atoms with E-state index in [2.05, 4.69) is 15.3 Å². The van der Waals surface area contributed by atoms with Crippen LogP contribution >= 0.6 is 34.5 Å². The molecule has 0 radical (unpaired) electrons. The zero-order valence-corrected chi connectivity index (χ0v) is 17.6. The average Bonchev–Trinajstić information content (AvgIpc) is 3.20. The first-order chi connectivity index (χ1) is 13.4. The van der Waals surface area contributed by atoms with E-state index < -0.39 is 0 Å². The molecule has 3 aromatic rings. The van der Waals surface area contributed by atoms with Gasteiger partial charge in [0, 0.05) is 27.8 Å². The Morgan fingerprint density at radius 1 is 1.36 bits per heavy atom. The lowest BCUT2D eigenvalue weighted by atomic mass is 10.1. The highest BCUT2D eigenvalue weighted by Crippen LogP contribution is 2.34. The lowest BCUT2D eigenvalue weighted by Gasteiger charge is -2.16. The van der Waals surface area contributed by atoms with Gasteiger partial charge in [-0.2, -0.15) is 0 Å². The molecule has 4 rings (SSSR count). The summed E-state index contributed by atoms with van der Waals surface area (Å²) in [4.78, 5) is 34.3. The van der Waals surface area contributed by atoms with Crippen LogP contribution in [0.15, 0.2) is 23.0 Å². The summed E-state index contributed by atoms with van der Waals surface area (Å²) in [5, 5.41) is 4.73. The van der Waals surface area contributed by atoms with Crippen molar-refractivity contribution < 1.29 is 4.79 Å². The Kier molecular flexibility index (Phi) is 5.45. The number of benzene rings is 1. The van der Waals surface area contributed by atoms with Crippen LogP contribution in [-0.4, -0.2) is 15.9 Å². The molecule has 1 aliphatic carbocycles. The van der Waals surface area contributed by atoms with Crippen molar-refractivity contribution in [3.63, 3.8) is 0 Å².